The summed E-state index contributed by atoms with van der Waals surface area (Å²) in [4.78, 5) is 26.4. The van der Waals surface area contributed by atoms with Gasteiger partial charge in [-0.2, -0.15) is 5.10 Å². The van der Waals surface area contributed by atoms with Gasteiger partial charge >= 0.3 is 5.69 Å². The molecule has 0 radical (unpaired) electrons. The second kappa shape index (κ2) is 6.76. The molecule has 1 saturated heterocycles. The van der Waals surface area contributed by atoms with Crippen LogP contribution in [0.3, 0.4) is 0 Å². The Morgan fingerprint density at radius 2 is 2.00 bits per heavy atom. The van der Waals surface area contributed by atoms with Crippen LogP contribution in [0.2, 0.25) is 0 Å². The van der Waals surface area contributed by atoms with Gasteiger partial charge in [0.05, 0.1) is 12.7 Å². The molecule has 0 N–H and O–H groups in total. The van der Waals surface area contributed by atoms with Gasteiger partial charge in [-0.1, -0.05) is 6.42 Å². The quantitative estimate of drug-likeness (QED) is 0.825. The van der Waals surface area contributed by atoms with Crippen molar-refractivity contribution in [3.05, 3.63) is 50.6 Å². The predicted molar refractivity (Wildman–Crippen MR) is 91.9 cm³/mol. The highest BCUT2D eigenvalue weighted by Gasteiger charge is 2.24. The molecule has 3 rings (SSSR count). The van der Waals surface area contributed by atoms with E-state index in [4.69, 9.17) is 0 Å². The summed E-state index contributed by atoms with van der Waals surface area (Å²) in [6, 6.07) is 1.95. The van der Waals surface area contributed by atoms with E-state index in [0.717, 1.165) is 41.8 Å². The third-order valence-electron chi connectivity index (χ3n) is 4.90. The Bertz CT molecular complexity index is 832. The van der Waals surface area contributed by atoms with Crippen molar-refractivity contribution in [2.24, 2.45) is 14.1 Å². The standard InChI is InChI=1S/C17H25N5O2/c1-13-9-18-22(10-13)12-14-6-4-5-7-21(14)11-15-8-16(23)20(3)17(24)19(15)2/h8-10,14H,4-7,11-12H2,1-3H3/t14-/m0/s1. The lowest BCUT2D eigenvalue weighted by atomic mass is 10.0. The zero-order valence-corrected chi connectivity index (χ0v) is 14.6. The van der Waals surface area contributed by atoms with Gasteiger partial charge < -0.3 is 0 Å². The first-order valence-electron chi connectivity index (χ1n) is 8.45. The van der Waals surface area contributed by atoms with Crippen molar-refractivity contribution in [1.82, 2.24) is 23.8 Å². The van der Waals surface area contributed by atoms with Gasteiger partial charge in [0.1, 0.15) is 0 Å². The van der Waals surface area contributed by atoms with Crippen molar-refractivity contribution in [2.45, 2.75) is 45.3 Å². The van der Waals surface area contributed by atoms with Crippen LogP contribution in [0.15, 0.2) is 28.0 Å². The third-order valence-corrected chi connectivity index (χ3v) is 4.90. The van der Waals surface area contributed by atoms with Gasteiger partial charge in [0.15, 0.2) is 0 Å². The molecule has 24 heavy (non-hydrogen) atoms. The lowest BCUT2D eigenvalue weighted by molar-refractivity contribution is 0.118. The minimum Gasteiger partial charge on any atom is -0.299 e. The molecule has 130 valence electrons. The molecule has 0 saturated carbocycles. The lowest BCUT2D eigenvalue weighted by Crippen LogP contribution is -2.44. The van der Waals surface area contributed by atoms with E-state index in [1.54, 1.807) is 17.7 Å². The highest BCUT2D eigenvalue weighted by molar-refractivity contribution is 5.03. The molecule has 1 aliphatic heterocycles. The summed E-state index contributed by atoms with van der Waals surface area (Å²) < 4.78 is 4.70. The van der Waals surface area contributed by atoms with Gasteiger partial charge in [0.2, 0.25) is 0 Å². The number of aromatic nitrogens is 4. The van der Waals surface area contributed by atoms with E-state index in [9.17, 15) is 9.59 Å². The normalized spacial score (nSPS) is 18.9. The molecule has 0 aromatic carbocycles. The van der Waals surface area contributed by atoms with Crippen molar-refractivity contribution >= 4 is 0 Å². The Kier molecular flexibility index (Phi) is 4.71. The van der Waals surface area contributed by atoms with Gasteiger partial charge in [-0.05, 0) is 31.9 Å². The summed E-state index contributed by atoms with van der Waals surface area (Å²) in [5, 5.41) is 4.39. The monoisotopic (exact) mass is 331 g/mol. The average Bonchev–Trinajstić information content (AvgIpc) is 2.97. The Balaban J connectivity index is 1.82. The first-order chi connectivity index (χ1) is 11.5. The fourth-order valence-electron chi connectivity index (χ4n) is 3.40. The van der Waals surface area contributed by atoms with Crippen LogP contribution < -0.4 is 11.2 Å². The molecule has 0 spiro atoms. The van der Waals surface area contributed by atoms with Gasteiger partial charge in [0.25, 0.3) is 5.56 Å². The Hall–Kier alpha value is -2.15. The molecular weight excluding hydrogens is 306 g/mol. The topological polar surface area (TPSA) is 65.1 Å². The van der Waals surface area contributed by atoms with Crippen LogP contribution in [-0.4, -0.2) is 36.4 Å². The lowest BCUT2D eigenvalue weighted by Gasteiger charge is -2.36. The molecule has 3 heterocycles. The second-order valence-corrected chi connectivity index (χ2v) is 6.73. The van der Waals surface area contributed by atoms with Crippen LogP contribution in [0, 0.1) is 6.92 Å². The fraction of sp³-hybridized carbons (Fsp3) is 0.588. The summed E-state index contributed by atoms with van der Waals surface area (Å²) >= 11 is 0. The van der Waals surface area contributed by atoms with Gasteiger partial charge in [-0.3, -0.25) is 23.5 Å². The highest BCUT2D eigenvalue weighted by atomic mass is 16.2. The van der Waals surface area contributed by atoms with Gasteiger partial charge in [-0.15, -0.1) is 0 Å². The molecule has 0 unspecified atom stereocenters. The number of rotatable bonds is 4. The van der Waals surface area contributed by atoms with Crippen molar-refractivity contribution in [3.8, 4) is 0 Å². The van der Waals surface area contributed by atoms with E-state index < -0.39 is 0 Å². The molecule has 1 atom stereocenters. The van der Waals surface area contributed by atoms with E-state index in [2.05, 4.69) is 16.2 Å². The van der Waals surface area contributed by atoms with E-state index in [1.807, 2.05) is 17.8 Å². The number of hydrogen-bond donors (Lipinski definition) is 0. The molecule has 0 bridgehead atoms. The maximum Gasteiger partial charge on any atom is 0.330 e. The summed E-state index contributed by atoms with van der Waals surface area (Å²) in [7, 11) is 3.24. The molecule has 7 nitrogen and oxygen atoms in total. The molecule has 0 amide bonds. The van der Waals surface area contributed by atoms with E-state index >= 15 is 0 Å². The molecule has 7 heteroatoms. The van der Waals surface area contributed by atoms with Crippen LogP contribution in [0.1, 0.15) is 30.5 Å². The fourth-order valence-corrected chi connectivity index (χ4v) is 3.40. The van der Waals surface area contributed by atoms with Crippen LogP contribution in [0.5, 0.6) is 0 Å². The average molecular weight is 331 g/mol. The predicted octanol–water partition coefficient (Wildman–Crippen LogP) is 0.644. The number of nitrogens with zero attached hydrogens (tertiary/aromatic N) is 5. The van der Waals surface area contributed by atoms with Crippen molar-refractivity contribution in [2.75, 3.05) is 6.54 Å². The summed E-state index contributed by atoms with van der Waals surface area (Å²) in [5.74, 6) is 0. The van der Waals surface area contributed by atoms with Crippen LogP contribution in [0.25, 0.3) is 0 Å². The van der Waals surface area contributed by atoms with Gasteiger partial charge in [0, 0.05) is 44.6 Å². The molecule has 0 aliphatic carbocycles. The van der Waals surface area contributed by atoms with E-state index in [0.29, 0.717) is 12.6 Å². The Morgan fingerprint density at radius 1 is 1.21 bits per heavy atom. The van der Waals surface area contributed by atoms with E-state index in [-0.39, 0.29) is 11.2 Å². The molecule has 2 aromatic heterocycles. The highest BCUT2D eigenvalue weighted by Crippen LogP contribution is 2.20. The number of aryl methyl sites for hydroxylation is 1. The third kappa shape index (κ3) is 3.36. The number of hydrogen-bond acceptors (Lipinski definition) is 4. The van der Waals surface area contributed by atoms with E-state index in [1.165, 1.54) is 13.5 Å². The van der Waals surface area contributed by atoms with Gasteiger partial charge in [-0.25, -0.2) is 4.79 Å². The Labute approximate surface area is 141 Å². The van der Waals surface area contributed by atoms with Crippen LogP contribution in [-0.2, 0) is 27.2 Å². The first-order valence-corrected chi connectivity index (χ1v) is 8.45. The van der Waals surface area contributed by atoms with Crippen molar-refractivity contribution in [1.29, 1.82) is 0 Å². The summed E-state index contributed by atoms with van der Waals surface area (Å²) in [5.41, 5.74) is 1.41. The minimum atomic E-state index is -0.270. The summed E-state index contributed by atoms with van der Waals surface area (Å²) in [6.45, 7) is 4.48. The maximum atomic E-state index is 12.1. The molecule has 2 aromatic rings. The van der Waals surface area contributed by atoms with Crippen LogP contribution >= 0.6 is 0 Å². The minimum absolute atomic E-state index is 0.246. The second-order valence-electron chi connectivity index (χ2n) is 6.73. The number of piperidine rings is 1. The SMILES string of the molecule is Cc1cnn(C[C@@H]2CCCCN2Cc2cc(=O)n(C)c(=O)n2C)c1. The first kappa shape index (κ1) is 16.7. The number of likely N-dealkylation sites (tertiary alicyclic amines) is 1. The largest absolute Gasteiger partial charge is 0.330 e. The van der Waals surface area contributed by atoms with Crippen LogP contribution in [0.4, 0.5) is 0 Å². The molecule has 1 fully saturated rings. The van der Waals surface area contributed by atoms with Crippen molar-refractivity contribution in [3.63, 3.8) is 0 Å². The Morgan fingerprint density at radius 3 is 2.71 bits per heavy atom. The molecule has 1 aliphatic rings. The maximum absolute atomic E-state index is 12.1. The van der Waals surface area contributed by atoms with Crippen molar-refractivity contribution < 1.29 is 0 Å². The zero-order chi connectivity index (χ0) is 17.3. The zero-order valence-electron chi connectivity index (χ0n) is 14.6. The molecular formula is C17H25N5O2. The summed E-state index contributed by atoms with van der Waals surface area (Å²) in [6.07, 6.45) is 7.39. The smallest absolute Gasteiger partial charge is 0.299 e.